The molecule has 0 unspecified atom stereocenters. The Kier molecular flexibility index (Phi) is 12.1. The van der Waals surface area contributed by atoms with Crippen molar-refractivity contribution in [2.75, 3.05) is 41.3 Å². The highest BCUT2D eigenvalue weighted by Gasteiger charge is 2.29. The summed E-state index contributed by atoms with van der Waals surface area (Å²) < 4.78 is 20.9. The molecule has 3 aliphatic rings. The van der Waals surface area contributed by atoms with Crippen LogP contribution in [0.25, 0.3) is 5.57 Å². The zero-order valence-corrected chi connectivity index (χ0v) is 34.2. The van der Waals surface area contributed by atoms with Gasteiger partial charge in [-0.05, 0) is 113 Å². The molecule has 7 rings (SSSR count). The Labute approximate surface area is 347 Å². The molecule has 0 bridgehead atoms. The van der Waals surface area contributed by atoms with Crippen LogP contribution in [0, 0.1) is 5.82 Å². The van der Waals surface area contributed by atoms with Crippen LogP contribution in [-0.2, 0) is 4.74 Å². The second-order valence-electron chi connectivity index (χ2n) is 15.8. The monoisotopic (exact) mass is 818 g/mol. The van der Waals surface area contributed by atoms with Crippen molar-refractivity contribution in [1.82, 2.24) is 25.2 Å². The average Bonchev–Trinajstić information content (AvgIpc) is 3.21. The summed E-state index contributed by atoms with van der Waals surface area (Å²) in [6, 6.07) is 15.7. The SMILES string of the molecule is CC1(NC(=O)OC(C)(C)C)C=CN(c2cnc(Sc3cccc(NC(=O)c4ccc(N5CCC(N6CC=C(c7ccc(C(=O)O)nc7)CC6)CC5)c(F)c4)c3)cn2)C=C1. The molecule has 0 aliphatic carbocycles. The van der Waals surface area contributed by atoms with E-state index in [1.807, 2.05) is 69.0 Å². The maximum Gasteiger partial charge on any atom is 0.408 e. The van der Waals surface area contributed by atoms with Crippen LogP contribution in [0.2, 0.25) is 0 Å². The van der Waals surface area contributed by atoms with Crippen molar-refractivity contribution >= 4 is 52.5 Å². The van der Waals surface area contributed by atoms with E-state index in [0.717, 1.165) is 42.8 Å². The smallest absolute Gasteiger partial charge is 0.408 e. The van der Waals surface area contributed by atoms with Crippen LogP contribution in [0.3, 0.4) is 0 Å². The minimum atomic E-state index is -1.04. The first-order valence-electron chi connectivity index (χ1n) is 19.5. The van der Waals surface area contributed by atoms with Gasteiger partial charge >= 0.3 is 12.1 Å². The number of aromatic carboxylic acids is 1. The van der Waals surface area contributed by atoms with Crippen molar-refractivity contribution in [3.63, 3.8) is 0 Å². The van der Waals surface area contributed by atoms with Crippen LogP contribution in [0.15, 0.2) is 114 Å². The van der Waals surface area contributed by atoms with Crippen molar-refractivity contribution in [3.05, 3.63) is 126 Å². The van der Waals surface area contributed by atoms with Crippen LogP contribution in [0.1, 0.15) is 73.4 Å². The summed E-state index contributed by atoms with van der Waals surface area (Å²) in [5.74, 6) is -1.28. The molecule has 2 amide bonds. The number of hydrogen-bond acceptors (Lipinski definition) is 11. The van der Waals surface area contributed by atoms with Crippen molar-refractivity contribution < 1.29 is 28.6 Å². The van der Waals surface area contributed by atoms with Gasteiger partial charge in [0.1, 0.15) is 22.1 Å². The highest BCUT2D eigenvalue weighted by molar-refractivity contribution is 7.99. The number of rotatable bonds is 10. The number of ether oxygens (including phenoxy) is 1. The van der Waals surface area contributed by atoms with E-state index in [1.54, 1.807) is 54.1 Å². The summed E-state index contributed by atoms with van der Waals surface area (Å²) in [5, 5.41) is 15.5. The molecule has 0 spiro atoms. The third-order valence-electron chi connectivity index (χ3n) is 10.3. The normalized spacial score (nSPS) is 17.0. The quantitative estimate of drug-likeness (QED) is 0.142. The largest absolute Gasteiger partial charge is 0.477 e. The Morgan fingerprint density at radius 1 is 0.949 bits per heavy atom. The molecule has 0 saturated carbocycles. The van der Waals surface area contributed by atoms with Gasteiger partial charge in [-0.2, -0.15) is 0 Å². The maximum absolute atomic E-state index is 15.5. The Morgan fingerprint density at radius 2 is 1.73 bits per heavy atom. The van der Waals surface area contributed by atoms with Gasteiger partial charge in [-0.3, -0.25) is 9.69 Å². The fourth-order valence-corrected chi connectivity index (χ4v) is 7.94. The summed E-state index contributed by atoms with van der Waals surface area (Å²) in [5.41, 5.74) is 2.12. The van der Waals surface area contributed by atoms with E-state index in [1.165, 1.54) is 29.5 Å². The van der Waals surface area contributed by atoms with Gasteiger partial charge in [-0.1, -0.05) is 30.0 Å². The van der Waals surface area contributed by atoms with E-state index in [2.05, 4.69) is 36.6 Å². The average molecular weight is 819 g/mol. The van der Waals surface area contributed by atoms with Crippen LogP contribution >= 0.6 is 11.8 Å². The highest BCUT2D eigenvalue weighted by atomic mass is 32.2. The van der Waals surface area contributed by atoms with Crippen LogP contribution in [-0.4, -0.2) is 86.3 Å². The second-order valence-corrected chi connectivity index (χ2v) is 16.9. The van der Waals surface area contributed by atoms with Gasteiger partial charge in [-0.15, -0.1) is 0 Å². The maximum atomic E-state index is 15.5. The van der Waals surface area contributed by atoms with Crippen LogP contribution in [0.5, 0.6) is 0 Å². The Hall–Kier alpha value is -6.06. The number of hydrogen-bond donors (Lipinski definition) is 3. The lowest BCUT2D eigenvalue weighted by molar-refractivity contribution is 0.0498. The zero-order valence-electron chi connectivity index (χ0n) is 33.4. The molecule has 306 valence electrons. The van der Waals surface area contributed by atoms with Crippen molar-refractivity contribution in [2.45, 2.75) is 74.1 Å². The van der Waals surface area contributed by atoms with Gasteiger partial charge in [0, 0.05) is 67.0 Å². The lowest BCUT2D eigenvalue weighted by atomic mass is 9.96. The Balaban J connectivity index is 0.883. The molecule has 3 N–H and O–H groups in total. The van der Waals surface area contributed by atoms with Gasteiger partial charge < -0.3 is 30.3 Å². The Bertz CT molecular complexity index is 2270. The molecule has 5 heterocycles. The fraction of sp³-hybridized carbons (Fsp3) is 0.318. The molecule has 59 heavy (non-hydrogen) atoms. The number of carboxylic acids is 1. The minimum Gasteiger partial charge on any atom is -0.477 e. The predicted molar refractivity (Wildman–Crippen MR) is 226 cm³/mol. The predicted octanol–water partition coefficient (Wildman–Crippen LogP) is 8.00. The topological polar surface area (TPSA) is 153 Å². The molecule has 15 heteroatoms. The molecule has 0 atom stereocenters. The molecular weight excluding hydrogens is 772 g/mol. The number of aromatic nitrogens is 3. The molecule has 13 nitrogen and oxygen atoms in total. The molecular formula is C44H47FN8O5S. The number of halogens is 1. The van der Waals surface area contributed by atoms with E-state index >= 15 is 4.39 Å². The van der Waals surface area contributed by atoms with Gasteiger partial charge in [0.2, 0.25) is 0 Å². The lowest BCUT2D eigenvalue weighted by Crippen LogP contribution is -2.46. The number of carbonyl (C=O) groups excluding carboxylic acids is 2. The third kappa shape index (κ3) is 10.5. The molecule has 3 aliphatic heterocycles. The van der Waals surface area contributed by atoms with Crippen molar-refractivity contribution in [1.29, 1.82) is 0 Å². The lowest BCUT2D eigenvalue weighted by Gasteiger charge is -2.40. The van der Waals surface area contributed by atoms with E-state index in [-0.39, 0.29) is 11.3 Å². The number of alkyl carbamates (subject to hydrolysis) is 1. The molecule has 2 aromatic carbocycles. The number of carbonyl (C=O) groups is 3. The van der Waals surface area contributed by atoms with Crippen molar-refractivity contribution in [3.8, 4) is 0 Å². The number of pyridine rings is 1. The first-order valence-corrected chi connectivity index (χ1v) is 20.3. The number of carboxylic acid groups (broad SMARTS) is 1. The zero-order chi connectivity index (χ0) is 41.7. The standard InChI is InChI=1S/C44H47FN8O5S/c1-43(2,3)58-42(57)50-44(4)16-22-53(23-17-44)38-27-48-39(28-47-38)59-34-7-5-6-32(25-34)49-40(54)30-9-11-37(35(45)24-30)52-20-14-33(15-21-52)51-18-12-29(13-19-51)31-8-10-36(41(55)56)46-26-31/h5-12,16-17,22-28,33H,13-15,18-21H2,1-4H3,(H,49,54)(H,50,57)(H,55,56). The number of benzene rings is 2. The highest BCUT2D eigenvalue weighted by Crippen LogP contribution is 2.31. The van der Waals surface area contributed by atoms with E-state index in [0.29, 0.717) is 41.3 Å². The summed E-state index contributed by atoms with van der Waals surface area (Å²) in [6.07, 6.45) is 16.6. The number of nitrogens with zero attached hydrogens (tertiary/aromatic N) is 6. The van der Waals surface area contributed by atoms with E-state index < -0.39 is 34.9 Å². The van der Waals surface area contributed by atoms with Crippen LogP contribution in [0.4, 0.5) is 26.4 Å². The minimum absolute atomic E-state index is 0.0360. The summed E-state index contributed by atoms with van der Waals surface area (Å²) in [4.78, 5) is 57.0. The number of piperidine rings is 1. The fourth-order valence-electron chi connectivity index (χ4n) is 7.16. The first kappa shape index (κ1) is 41.1. The van der Waals surface area contributed by atoms with Gasteiger partial charge in [0.25, 0.3) is 5.91 Å². The summed E-state index contributed by atoms with van der Waals surface area (Å²) in [7, 11) is 0. The molecule has 4 aromatic rings. The van der Waals surface area contributed by atoms with E-state index in [9.17, 15) is 14.4 Å². The Morgan fingerprint density at radius 3 is 2.36 bits per heavy atom. The van der Waals surface area contributed by atoms with Gasteiger partial charge in [0.15, 0.2) is 5.82 Å². The first-order chi connectivity index (χ1) is 28.2. The number of anilines is 3. The number of amides is 2. The van der Waals surface area contributed by atoms with Crippen LogP contribution < -0.4 is 20.4 Å². The third-order valence-corrected chi connectivity index (χ3v) is 11.2. The second kappa shape index (κ2) is 17.4. The molecule has 0 radical (unpaired) electrons. The molecule has 1 fully saturated rings. The molecule has 2 aromatic heterocycles. The summed E-state index contributed by atoms with van der Waals surface area (Å²) >= 11 is 1.39. The molecule has 1 saturated heterocycles. The van der Waals surface area contributed by atoms with Gasteiger partial charge in [-0.25, -0.2) is 28.9 Å². The van der Waals surface area contributed by atoms with Crippen molar-refractivity contribution in [2.24, 2.45) is 0 Å². The summed E-state index contributed by atoms with van der Waals surface area (Å²) in [6.45, 7) is 10.4. The van der Waals surface area contributed by atoms with E-state index in [4.69, 9.17) is 9.84 Å². The number of nitrogens with one attached hydrogen (secondary N) is 2. The van der Waals surface area contributed by atoms with Gasteiger partial charge in [0.05, 0.1) is 23.6 Å².